The van der Waals surface area contributed by atoms with Gasteiger partial charge in [-0.15, -0.1) is 22.7 Å². The molecule has 0 atom stereocenters. The van der Waals surface area contributed by atoms with Crippen molar-refractivity contribution in [3.05, 3.63) is 275 Å². The first-order valence-corrected chi connectivity index (χ1v) is 40.6. The van der Waals surface area contributed by atoms with Gasteiger partial charge in [-0.05, 0) is 96.5 Å². The number of carbonyl (C=O) groups excluding carboxylic acids is 3. The molecule has 0 bridgehead atoms. The average Bonchev–Trinajstić information content (AvgIpc) is 0.908. The van der Waals surface area contributed by atoms with Crippen LogP contribution in [0.3, 0.4) is 0 Å². The first kappa shape index (κ1) is 73.9. The first-order valence-electron chi connectivity index (χ1n) is 34.3. The van der Waals surface area contributed by atoms with Crippen LogP contribution in [0.15, 0.2) is 252 Å². The molecule has 0 aliphatic carbocycles. The summed E-state index contributed by atoms with van der Waals surface area (Å²) in [5.74, 6) is -0.0774. The predicted octanol–water partition coefficient (Wildman–Crippen LogP) is 10.3. The van der Waals surface area contributed by atoms with Gasteiger partial charge < -0.3 is 43.1 Å². The summed E-state index contributed by atoms with van der Waals surface area (Å²) >= 11 is 2.82. The highest BCUT2D eigenvalue weighted by Crippen LogP contribution is 2.38. The number of fused-ring (bicyclic) bond motifs is 3. The van der Waals surface area contributed by atoms with E-state index in [0.717, 1.165) is 21.7 Å². The molecule has 7 aromatic carbocycles. The number of sulfonamides is 3. The van der Waals surface area contributed by atoms with Gasteiger partial charge in [-0.2, -0.15) is 0 Å². The summed E-state index contributed by atoms with van der Waals surface area (Å²) in [5, 5.41) is 6.04. The third-order valence-electron chi connectivity index (χ3n) is 19.1. The normalized spacial score (nSPS) is 14.2. The van der Waals surface area contributed by atoms with Gasteiger partial charge in [0.05, 0.1) is 58.1 Å². The minimum atomic E-state index is -4.01. The van der Waals surface area contributed by atoms with Crippen molar-refractivity contribution in [1.82, 2.24) is 28.4 Å². The molecule has 15 rings (SSSR count). The number of anilines is 6. The maximum Gasteiger partial charge on any atom is 0.277 e. The Bertz CT molecular complexity index is 5850. The van der Waals surface area contributed by atoms with E-state index in [9.17, 15) is 54.0 Å². The number of nitrogens with one attached hydrogen (secondary N) is 3. The Kier molecular flexibility index (Phi) is 21.7. The number of hydrogen-bond acceptors (Lipinski definition) is 17. The van der Waals surface area contributed by atoms with Gasteiger partial charge in [0.2, 0.25) is 0 Å². The summed E-state index contributed by atoms with van der Waals surface area (Å²) in [5.41, 5.74) is 3.97. The minimum absolute atomic E-state index is 0.00267. The molecule has 3 N–H and O–H groups in total. The Hall–Kier alpha value is -11.4. The Labute approximate surface area is 626 Å². The maximum atomic E-state index is 13.5. The van der Waals surface area contributed by atoms with E-state index in [0.29, 0.717) is 127 Å². The molecule has 12 aromatic rings. The van der Waals surface area contributed by atoms with Crippen molar-refractivity contribution >= 4 is 137 Å². The highest BCUT2D eigenvalue weighted by Gasteiger charge is 2.34. The highest BCUT2D eigenvalue weighted by molar-refractivity contribution is 7.93. The maximum absolute atomic E-state index is 13.5. The molecule has 8 heterocycles. The standard InChI is InChI=1S/C27H26N4O4S.C26H26N4O4S2.C25H24N4O4S2/c1-29-23-15-9-8-14-22(23)25(24(27(29)33)28-36(34,35)21-12-6-3-7-13-21)30-16-18-31(19-17-30)26(32)20-10-4-2-5-11-20;1-18-9-11-19(12-10-18)36(33,34)27-23-24(20-6-3-4-7-21(20)28(2)26(23)32)29-13-15-30(16-14-29)25(31)22-8-5-17-35-22;1-27-20-11-6-5-10-19(20)23(22(25(27)31)26-35(32,33)18-8-3-2-4-9-18)28-13-15-29(16-14-28)24(30)21-12-7-17-34-21/h2-15,28H,16-19H2,1H3;3-12,17,27H,13-16H2,1-2H3;2-12,17,26H,13-16H2,1H3. The number of nitrogens with zero attached hydrogens (tertiary/aromatic N) is 9. The number of hydrogen-bond donors (Lipinski definition) is 3. The summed E-state index contributed by atoms with van der Waals surface area (Å²) < 4.78 is 91.5. The SMILES string of the molecule is Cc1ccc(S(=O)(=O)Nc2c(N3CCN(C(=O)c4cccs4)CC3)c3ccccc3n(C)c2=O)cc1.Cn1c(=O)c(NS(=O)(=O)c2ccccc2)c(N2CCN(C(=O)c3ccccc3)CC2)c2ccccc21.Cn1c(=O)c(NS(=O)(=O)c2ccccc2)c(N2CCN(C(=O)c3cccs3)CC2)c2ccccc21. The molecule has 0 spiro atoms. The number of aromatic nitrogens is 3. The van der Waals surface area contributed by atoms with Crippen LogP contribution in [0.4, 0.5) is 34.1 Å². The van der Waals surface area contributed by atoms with E-state index in [4.69, 9.17) is 0 Å². The van der Waals surface area contributed by atoms with Crippen LogP contribution in [0.1, 0.15) is 35.3 Å². The predicted molar refractivity (Wildman–Crippen MR) is 423 cm³/mol. The Morgan fingerprint density at radius 3 is 0.916 bits per heavy atom. The molecule has 3 saturated heterocycles. The zero-order valence-electron chi connectivity index (χ0n) is 58.8. The molecule has 5 aromatic heterocycles. The Morgan fingerprint density at radius 1 is 0.327 bits per heavy atom. The topological polar surface area (TPSA) is 275 Å². The van der Waals surface area contributed by atoms with Crippen LogP contribution in [0.5, 0.6) is 0 Å². The lowest BCUT2D eigenvalue weighted by atomic mass is 10.1. The number of pyridine rings is 3. The Balaban J connectivity index is 0.000000142. The van der Waals surface area contributed by atoms with Crippen molar-refractivity contribution in [2.24, 2.45) is 21.1 Å². The quantitative estimate of drug-likeness (QED) is 0.0861. The zero-order chi connectivity index (χ0) is 75.3. The van der Waals surface area contributed by atoms with Gasteiger partial charge in [0.25, 0.3) is 64.5 Å². The fourth-order valence-corrected chi connectivity index (χ4v) is 18.1. The van der Waals surface area contributed by atoms with Crippen LogP contribution in [0.25, 0.3) is 32.7 Å². The van der Waals surface area contributed by atoms with Gasteiger partial charge in [-0.1, -0.05) is 139 Å². The van der Waals surface area contributed by atoms with Gasteiger partial charge in [0.15, 0.2) is 0 Å². The number of rotatable bonds is 15. The molecule has 0 unspecified atom stereocenters. The van der Waals surface area contributed by atoms with Crippen LogP contribution in [0.2, 0.25) is 0 Å². The second-order valence-corrected chi connectivity index (χ2v) is 32.7. The van der Waals surface area contributed by atoms with Gasteiger partial charge in [0, 0.05) is 121 Å². The number of aryl methyl sites for hydroxylation is 4. The van der Waals surface area contributed by atoms with E-state index in [1.807, 2.05) is 148 Å². The molecule has 107 heavy (non-hydrogen) atoms. The van der Waals surface area contributed by atoms with Gasteiger partial charge in [0.1, 0.15) is 17.1 Å². The highest BCUT2D eigenvalue weighted by atomic mass is 32.2. The lowest BCUT2D eigenvalue weighted by Crippen LogP contribution is -2.49. The van der Waals surface area contributed by atoms with Crippen LogP contribution < -0.4 is 45.5 Å². The van der Waals surface area contributed by atoms with E-state index in [1.165, 1.54) is 72.8 Å². The van der Waals surface area contributed by atoms with Crippen molar-refractivity contribution in [3.63, 3.8) is 0 Å². The van der Waals surface area contributed by atoms with Crippen molar-refractivity contribution in [2.45, 2.75) is 21.6 Å². The van der Waals surface area contributed by atoms with E-state index < -0.39 is 46.7 Å². The molecular weight excluding hydrogens is 1460 g/mol. The monoisotopic (exact) mass is 1530 g/mol. The van der Waals surface area contributed by atoms with Gasteiger partial charge >= 0.3 is 0 Å². The van der Waals surface area contributed by atoms with E-state index >= 15 is 0 Å². The zero-order valence-corrected chi connectivity index (χ0v) is 62.9. The largest absolute Gasteiger partial charge is 0.366 e. The van der Waals surface area contributed by atoms with Crippen molar-refractivity contribution < 1.29 is 39.6 Å². The minimum Gasteiger partial charge on any atom is -0.366 e. The number of benzene rings is 7. The van der Waals surface area contributed by atoms with Gasteiger partial charge in [-0.25, -0.2) is 25.3 Å². The molecule has 29 heteroatoms. The van der Waals surface area contributed by atoms with Crippen molar-refractivity contribution in [3.8, 4) is 0 Å². The van der Waals surface area contributed by atoms with E-state index in [-0.39, 0.29) is 49.5 Å². The molecule has 0 saturated carbocycles. The molecule has 3 amide bonds. The number of thiophene rings is 2. The molecule has 0 radical (unpaired) electrons. The van der Waals surface area contributed by atoms with Gasteiger partial charge in [-0.3, -0.25) is 42.9 Å². The lowest BCUT2D eigenvalue weighted by molar-refractivity contribution is 0.0741. The number of piperazine rings is 3. The van der Waals surface area contributed by atoms with E-state index in [2.05, 4.69) is 14.2 Å². The summed E-state index contributed by atoms with van der Waals surface area (Å²) in [6.45, 7) is 7.40. The fourth-order valence-electron chi connectivity index (χ4n) is 13.5. The van der Waals surface area contributed by atoms with Crippen LogP contribution in [0, 0.1) is 6.92 Å². The fraction of sp³-hybridized carbons (Fsp3) is 0.205. The summed E-state index contributed by atoms with van der Waals surface area (Å²) in [6, 6.07) is 61.2. The van der Waals surface area contributed by atoms with Crippen LogP contribution in [-0.2, 0) is 51.2 Å². The number of amides is 3. The molecule has 550 valence electrons. The molecule has 3 aliphatic heterocycles. The first-order chi connectivity index (χ1) is 51.5. The molecule has 3 aliphatic rings. The molecule has 24 nitrogen and oxygen atoms in total. The third-order valence-corrected chi connectivity index (χ3v) is 24.9. The second kappa shape index (κ2) is 31.4. The van der Waals surface area contributed by atoms with E-state index in [1.54, 1.807) is 96.5 Å². The van der Waals surface area contributed by atoms with Crippen molar-refractivity contribution in [2.75, 3.05) is 107 Å². The molecule has 3 fully saturated rings. The number of carbonyl (C=O) groups is 3. The lowest BCUT2D eigenvalue weighted by Gasteiger charge is -2.37. The molecular formula is C78H76N12O12S5. The summed E-state index contributed by atoms with van der Waals surface area (Å²) in [7, 11) is -7.10. The number of para-hydroxylation sites is 3. The van der Waals surface area contributed by atoms with Crippen LogP contribution >= 0.6 is 22.7 Å². The smallest absolute Gasteiger partial charge is 0.277 e. The summed E-state index contributed by atoms with van der Waals surface area (Å²) in [6.07, 6.45) is 0. The second-order valence-electron chi connectivity index (χ2n) is 25.7. The summed E-state index contributed by atoms with van der Waals surface area (Å²) in [4.78, 5) is 91.9. The average molecular weight is 1530 g/mol. The Morgan fingerprint density at radius 2 is 0.607 bits per heavy atom. The van der Waals surface area contributed by atoms with Crippen molar-refractivity contribution in [1.29, 1.82) is 0 Å². The van der Waals surface area contributed by atoms with Crippen LogP contribution in [-0.4, -0.2) is 150 Å². The third kappa shape index (κ3) is 15.5.